The maximum absolute atomic E-state index is 12.4. The second-order valence-corrected chi connectivity index (χ2v) is 6.24. The average molecular weight is 344 g/mol. The van der Waals surface area contributed by atoms with Gasteiger partial charge in [0.05, 0.1) is 17.8 Å². The molecule has 24 heavy (non-hydrogen) atoms. The number of nitrogens with zero attached hydrogens (tertiary/aromatic N) is 2. The number of benzene rings is 1. The minimum absolute atomic E-state index is 0.404. The van der Waals surface area contributed by atoms with Crippen LogP contribution in [0.5, 0.6) is 5.75 Å². The van der Waals surface area contributed by atoms with Crippen LogP contribution in [0.2, 0.25) is 0 Å². The van der Waals surface area contributed by atoms with Crippen molar-refractivity contribution in [2.24, 2.45) is 0 Å². The molecule has 0 bridgehead atoms. The minimum Gasteiger partial charge on any atom is -0.494 e. The number of carboxylic acids is 1. The molecule has 0 aliphatic rings. The molecule has 1 aromatic carbocycles. The zero-order valence-electron chi connectivity index (χ0n) is 13.3. The number of rotatable bonds is 5. The van der Waals surface area contributed by atoms with Gasteiger partial charge in [0, 0.05) is 10.9 Å². The Morgan fingerprint density at radius 3 is 2.79 bits per heavy atom. The van der Waals surface area contributed by atoms with Crippen LogP contribution in [-0.2, 0) is 6.42 Å². The summed E-state index contributed by atoms with van der Waals surface area (Å²) in [5, 5.41) is 13.4. The van der Waals surface area contributed by atoms with Crippen molar-refractivity contribution in [3.63, 3.8) is 0 Å². The maximum Gasteiger partial charge on any atom is 0.360 e. The van der Waals surface area contributed by atoms with E-state index in [0.717, 1.165) is 11.3 Å². The lowest BCUT2D eigenvalue weighted by atomic mass is 10.2. The molecule has 1 N–H and O–H groups in total. The second kappa shape index (κ2) is 6.45. The summed E-state index contributed by atoms with van der Waals surface area (Å²) in [5.74, 6) is -0.672. The van der Waals surface area contributed by atoms with Gasteiger partial charge in [0.15, 0.2) is 0 Å². The largest absolute Gasteiger partial charge is 0.494 e. The van der Waals surface area contributed by atoms with Crippen LogP contribution in [0.25, 0.3) is 15.9 Å². The maximum atomic E-state index is 12.4. The quantitative estimate of drug-likeness (QED) is 0.769. The number of aromatic nitrogens is 2. The summed E-state index contributed by atoms with van der Waals surface area (Å²) in [6.45, 7) is 4.40. The molecule has 0 atom stereocenters. The highest BCUT2D eigenvalue weighted by atomic mass is 32.1. The van der Waals surface area contributed by atoms with Gasteiger partial charge >= 0.3 is 5.97 Å². The fourth-order valence-corrected chi connectivity index (χ4v) is 3.46. The lowest BCUT2D eigenvalue weighted by Gasteiger charge is -2.10. The van der Waals surface area contributed by atoms with Gasteiger partial charge in [-0.25, -0.2) is 9.48 Å². The van der Waals surface area contributed by atoms with Crippen molar-refractivity contribution in [3.8, 4) is 11.4 Å². The number of aryl methyl sites for hydroxylation is 1. The van der Waals surface area contributed by atoms with E-state index in [1.165, 1.54) is 16.0 Å². The molecule has 124 valence electrons. The molecule has 2 heterocycles. The Labute approximate surface area is 141 Å². The van der Waals surface area contributed by atoms with Crippen LogP contribution in [0.3, 0.4) is 0 Å². The monoisotopic (exact) mass is 344 g/mol. The van der Waals surface area contributed by atoms with E-state index >= 15 is 0 Å². The first-order valence-corrected chi connectivity index (χ1v) is 8.39. The topological polar surface area (TPSA) is 81.4 Å². The molecular formula is C17H16N2O4S. The highest BCUT2D eigenvalue weighted by Crippen LogP contribution is 2.26. The van der Waals surface area contributed by atoms with Gasteiger partial charge in [0.1, 0.15) is 10.4 Å². The van der Waals surface area contributed by atoms with Crippen LogP contribution in [0, 0.1) is 0 Å². The summed E-state index contributed by atoms with van der Waals surface area (Å²) in [6, 6.07) is 9.08. The van der Waals surface area contributed by atoms with Gasteiger partial charge in [0.2, 0.25) is 11.1 Å². The van der Waals surface area contributed by atoms with Gasteiger partial charge in [-0.15, -0.1) is 11.3 Å². The van der Waals surface area contributed by atoms with Crippen molar-refractivity contribution >= 4 is 27.5 Å². The molecule has 0 unspecified atom stereocenters. The number of fused-ring (bicyclic) bond motifs is 1. The minimum atomic E-state index is -1.33. The predicted octanol–water partition coefficient (Wildman–Crippen LogP) is 3.11. The van der Waals surface area contributed by atoms with Crippen LogP contribution < -0.4 is 10.2 Å². The summed E-state index contributed by atoms with van der Waals surface area (Å²) in [6.07, 6.45) is 0.764. The molecule has 0 radical (unpaired) electrons. The molecule has 0 aliphatic carbocycles. The standard InChI is InChI=1S/C17H16N2O4S/c1-3-12-9-13-16(24-12)15(20)14(17(21)22)18-19(13)10-6-5-7-11(8-10)23-4-2/h5-9H,3-4H2,1-2H3,(H,21,22). The van der Waals surface area contributed by atoms with Crippen LogP contribution >= 0.6 is 11.3 Å². The molecule has 3 aromatic rings. The van der Waals surface area contributed by atoms with Crippen LogP contribution in [0.4, 0.5) is 0 Å². The van der Waals surface area contributed by atoms with E-state index in [4.69, 9.17) is 4.74 Å². The Bertz CT molecular complexity index is 974. The van der Waals surface area contributed by atoms with Gasteiger partial charge in [-0.2, -0.15) is 5.10 Å². The van der Waals surface area contributed by atoms with E-state index in [-0.39, 0.29) is 0 Å². The van der Waals surface area contributed by atoms with Gasteiger partial charge in [-0.3, -0.25) is 4.79 Å². The van der Waals surface area contributed by atoms with Crippen LogP contribution in [0.1, 0.15) is 29.2 Å². The van der Waals surface area contributed by atoms with Gasteiger partial charge < -0.3 is 9.84 Å². The van der Waals surface area contributed by atoms with E-state index in [1.54, 1.807) is 18.2 Å². The number of ether oxygens (including phenoxy) is 1. The number of carboxylic acid groups (broad SMARTS) is 1. The number of carbonyl (C=O) groups is 1. The van der Waals surface area contributed by atoms with Crippen LogP contribution in [-0.4, -0.2) is 27.5 Å². The smallest absolute Gasteiger partial charge is 0.360 e. The van der Waals surface area contributed by atoms with E-state index in [0.29, 0.717) is 28.3 Å². The molecule has 7 heteroatoms. The zero-order chi connectivity index (χ0) is 17.3. The summed E-state index contributed by atoms with van der Waals surface area (Å²) >= 11 is 1.31. The predicted molar refractivity (Wildman–Crippen MR) is 92.7 cm³/mol. The number of hydrogen-bond donors (Lipinski definition) is 1. The van der Waals surface area contributed by atoms with Crippen molar-refractivity contribution in [1.29, 1.82) is 0 Å². The second-order valence-electron chi connectivity index (χ2n) is 5.11. The molecule has 0 saturated heterocycles. The third kappa shape index (κ3) is 2.78. The Morgan fingerprint density at radius 1 is 1.33 bits per heavy atom. The van der Waals surface area contributed by atoms with Crippen molar-refractivity contribution in [1.82, 2.24) is 9.78 Å². The Kier molecular flexibility index (Phi) is 4.35. The van der Waals surface area contributed by atoms with E-state index in [9.17, 15) is 14.7 Å². The average Bonchev–Trinajstić information content (AvgIpc) is 3.00. The van der Waals surface area contributed by atoms with E-state index in [1.807, 2.05) is 26.0 Å². The molecule has 6 nitrogen and oxygen atoms in total. The number of aromatic carboxylic acids is 1. The summed E-state index contributed by atoms with van der Waals surface area (Å²) in [4.78, 5) is 24.8. The number of hydrogen-bond acceptors (Lipinski definition) is 5. The first-order chi connectivity index (χ1) is 11.5. The molecule has 2 aromatic heterocycles. The van der Waals surface area contributed by atoms with Crippen molar-refractivity contribution in [2.45, 2.75) is 20.3 Å². The Hall–Kier alpha value is -2.67. The molecule has 0 amide bonds. The van der Waals surface area contributed by atoms with Gasteiger partial charge in [-0.1, -0.05) is 13.0 Å². The molecular weight excluding hydrogens is 328 g/mol. The lowest BCUT2D eigenvalue weighted by Crippen LogP contribution is -2.21. The summed E-state index contributed by atoms with van der Waals surface area (Å²) in [7, 11) is 0. The molecule has 3 rings (SSSR count). The first-order valence-electron chi connectivity index (χ1n) is 7.57. The first kappa shape index (κ1) is 16.2. The summed E-state index contributed by atoms with van der Waals surface area (Å²) in [5.41, 5.74) is 0.239. The zero-order valence-corrected chi connectivity index (χ0v) is 14.1. The normalized spacial score (nSPS) is 10.9. The van der Waals surface area contributed by atoms with Gasteiger partial charge in [0.25, 0.3) is 0 Å². The fraction of sp³-hybridized carbons (Fsp3) is 0.235. The highest BCUT2D eigenvalue weighted by molar-refractivity contribution is 7.19. The highest BCUT2D eigenvalue weighted by Gasteiger charge is 2.19. The van der Waals surface area contributed by atoms with Crippen molar-refractivity contribution in [2.75, 3.05) is 6.61 Å². The summed E-state index contributed by atoms with van der Waals surface area (Å²) < 4.78 is 7.39. The van der Waals surface area contributed by atoms with Gasteiger partial charge in [-0.05, 0) is 31.5 Å². The SMILES string of the molecule is CCOc1cccc(-n2nc(C(=O)O)c(=O)c3sc(CC)cc32)c1. The number of thiophene rings is 1. The Morgan fingerprint density at radius 2 is 2.12 bits per heavy atom. The van der Waals surface area contributed by atoms with E-state index in [2.05, 4.69) is 5.10 Å². The molecule has 0 fully saturated rings. The van der Waals surface area contributed by atoms with Crippen molar-refractivity contribution in [3.05, 3.63) is 51.1 Å². The molecule has 0 saturated carbocycles. The molecule has 0 aliphatic heterocycles. The van der Waals surface area contributed by atoms with Crippen LogP contribution in [0.15, 0.2) is 35.1 Å². The Balaban J connectivity index is 2.32. The fourth-order valence-electron chi connectivity index (χ4n) is 2.44. The lowest BCUT2D eigenvalue weighted by molar-refractivity contribution is 0.0687. The third-order valence-electron chi connectivity index (χ3n) is 3.54. The van der Waals surface area contributed by atoms with Crippen molar-refractivity contribution < 1.29 is 14.6 Å². The molecule has 0 spiro atoms. The third-order valence-corrected chi connectivity index (χ3v) is 4.80. The van der Waals surface area contributed by atoms with E-state index < -0.39 is 17.1 Å².